The van der Waals surface area contributed by atoms with Crippen LogP contribution in [-0.4, -0.2) is 71.2 Å². The fourth-order valence-electron chi connectivity index (χ4n) is 4.57. The minimum atomic E-state index is -4.76. The van der Waals surface area contributed by atoms with Gasteiger partial charge in [-0.15, -0.1) is 0 Å². The van der Waals surface area contributed by atoms with Crippen molar-refractivity contribution < 1.29 is 27.5 Å². The Morgan fingerprint density at radius 2 is 1.75 bits per heavy atom. The largest absolute Gasteiger partial charge is 0.497 e. The van der Waals surface area contributed by atoms with Crippen LogP contribution in [0.4, 0.5) is 13.2 Å². The first-order valence-electron chi connectivity index (χ1n) is 10.3. The molecular formula is C21H24F3N5O3. The number of hydrogen-bond acceptors (Lipinski definition) is 5. The second-order valence-corrected chi connectivity index (χ2v) is 8.22. The number of methoxy groups -OCH3 is 1. The van der Waals surface area contributed by atoms with Gasteiger partial charge < -0.3 is 20.3 Å². The van der Waals surface area contributed by atoms with Gasteiger partial charge in [0.2, 0.25) is 5.91 Å². The van der Waals surface area contributed by atoms with E-state index in [1.807, 2.05) is 0 Å². The van der Waals surface area contributed by atoms with Crippen LogP contribution in [-0.2, 0) is 11.0 Å². The summed E-state index contributed by atoms with van der Waals surface area (Å²) in [6.07, 6.45) is -3.51. The molecule has 1 aromatic heterocycles. The molecule has 0 aliphatic carbocycles. The van der Waals surface area contributed by atoms with Crippen LogP contribution in [0.3, 0.4) is 0 Å². The number of nitrogens with zero attached hydrogens (tertiary/aromatic N) is 4. The molecule has 0 saturated carbocycles. The van der Waals surface area contributed by atoms with E-state index in [1.54, 1.807) is 0 Å². The van der Waals surface area contributed by atoms with Crippen LogP contribution in [0.2, 0.25) is 0 Å². The second-order valence-electron chi connectivity index (χ2n) is 8.22. The molecular weight excluding hydrogens is 427 g/mol. The van der Waals surface area contributed by atoms with Crippen molar-refractivity contribution >= 4 is 11.8 Å². The van der Waals surface area contributed by atoms with Gasteiger partial charge in [-0.1, -0.05) is 0 Å². The standard InChI is InChI=1S/C21H24F3N5O3/c1-32-16-4-2-15(3-5-16)29-19(21(22,23)24)17(8-26-29)20(31)28-11-13-9-27(7-6-18(25)30)10-14(13)12-28/h2-5,8,13-14H,6-7,9-12H2,1H3,(H2,25,30). The number of halogens is 3. The lowest BCUT2D eigenvalue weighted by Gasteiger charge is -2.22. The minimum absolute atomic E-state index is 0.165. The van der Waals surface area contributed by atoms with Crippen molar-refractivity contribution in [3.63, 3.8) is 0 Å². The molecule has 3 heterocycles. The van der Waals surface area contributed by atoms with Gasteiger partial charge in [0.15, 0.2) is 5.69 Å². The Bertz CT molecular complexity index is 991. The molecule has 2 atom stereocenters. The molecule has 2 aromatic rings. The molecule has 0 bridgehead atoms. The van der Waals surface area contributed by atoms with Crippen molar-refractivity contribution in [3.8, 4) is 11.4 Å². The second kappa shape index (κ2) is 8.45. The molecule has 0 spiro atoms. The summed E-state index contributed by atoms with van der Waals surface area (Å²) in [5.74, 6) is -0.211. The number of primary amides is 1. The molecule has 8 nitrogen and oxygen atoms in total. The van der Waals surface area contributed by atoms with Gasteiger partial charge >= 0.3 is 6.18 Å². The van der Waals surface area contributed by atoms with Crippen molar-refractivity contribution in [2.24, 2.45) is 17.6 Å². The first-order chi connectivity index (χ1) is 15.2. The van der Waals surface area contributed by atoms with Gasteiger partial charge in [0, 0.05) is 39.1 Å². The Labute approximate surface area is 182 Å². The first-order valence-corrected chi connectivity index (χ1v) is 10.3. The highest BCUT2D eigenvalue weighted by molar-refractivity contribution is 5.95. The molecule has 172 valence electrons. The highest BCUT2D eigenvalue weighted by Gasteiger charge is 2.45. The van der Waals surface area contributed by atoms with Gasteiger partial charge in [-0.05, 0) is 36.1 Å². The van der Waals surface area contributed by atoms with Crippen molar-refractivity contribution in [2.45, 2.75) is 12.6 Å². The van der Waals surface area contributed by atoms with Gasteiger partial charge in [-0.25, -0.2) is 4.68 Å². The van der Waals surface area contributed by atoms with Crippen LogP contribution in [0.1, 0.15) is 22.5 Å². The molecule has 2 N–H and O–H groups in total. The third kappa shape index (κ3) is 4.29. The molecule has 2 fully saturated rings. The lowest BCUT2D eigenvalue weighted by molar-refractivity contribution is -0.143. The smallest absolute Gasteiger partial charge is 0.434 e. The van der Waals surface area contributed by atoms with Crippen LogP contribution < -0.4 is 10.5 Å². The number of nitrogens with two attached hydrogens (primary N) is 1. The van der Waals surface area contributed by atoms with E-state index in [0.717, 1.165) is 10.9 Å². The number of alkyl halides is 3. The van der Waals surface area contributed by atoms with Crippen molar-refractivity contribution in [3.05, 3.63) is 41.7 Å². The summed E-state index contributed by atoms with van der Waals surface area (Å²) in [6, 6.07) is 5.97. The number of hydrogen-bond donors (Lipinski definition) is 1. The Kier molecular flexibility index (Phi) is 5.85. The van der Waals surface area contributed by atoms with Crippen LogP contribution in [0.5, 0.6) is 5.75 Å². The summed E-state index contributed by atoms with van der Waals surface area (Å²) >= 11 is 0. The number of likely N-dealkylation sites (tertiary alicyclic amines) is 2. The molecule has 32 heavy (non-hydrogen) atoms. The predicted octanol–water partition coefficient (Wildman–Crippen LogP) is 1.78. The maximum Gasteiger partial charge on any atom is 0.434 e. The number of rotatable bonds is 6. The number of carbonyl (C=O) groups is 2. The van der Waals surface area contributed by atoms with Gasteiger partial charge in [0.1, 0.15) is 5.75 Å². The average Bonchev–Trinajstić information content (AvgIpc) is 3.44. The summed E-state index contributed by atoms with van der Waals surface area (Å²) in [7, 11) is 1.46. The summed E-state index contributed by atoms with van der Waals surface area (Å²) in [5, 5.41) is 3.88. The fourth-order valence-corrected chi connectivity index (χ4v) is 4.57. The summed E-state index contributed by atoms with van der Waals surface area (Å²) in [6.45, 7) is 2.70. The van der Waals surface area contributed by atoms with Crippen molar-refractivity contribution in [2.75, 3.05) is 39.8 Å². The highest BCUT2D eigenvalue weighted by Crippen LogP contribution is 2.37. The fraction of sp³-hybridized carbons (Fsp3) is 0.476. The molecule has 1 aromatic carbocycles. The van der Waals surface area contributed by atoms with Crippen LogP contribution >= 0.6 is 0 Å². The number of benzene rings is 1. The maximum absolute atomic E-state index is 14.0. The lowest BCUT2D eigenvalue weighted by Crippen LogP contribution is -2.35. The first kappa shape index (κ1) is 22.1. The van der Waals surface area contributed by atoms with E-state index in [1.165, 1.54) is 36.3 Å². The molecule has 2 saturated heterocycles. The van der Waals surface area contributed by atoms with E-state index in [2.05, 4.69) is 10.00 Å². The zero-order chi connectivity index (χ0) is 23.0. The van der Waals surface area contributed by atoms with Gasteiger partial charge in [0.25, 0.3) is 5.91 Å². The Balaban J connectivity index is 1.52. The lowest BCUT2D eigenvalue weighted by atomic mass is 10.0. The van der Waals surface area contributed by atoms with E-state index < -0.39 is 23.3 Å². The number of aromatic nitrogens is 2. The van der Waals surface area contributed by atoms with Crippen LogP contribution in [0, 0.1) is 11.8 Å². The third-order valence-corrected chi connectivity index (χ3v) is 6.11. The normalized spacial score (nSPS) is 21.1. The Morgan fingerprint density at radius 3 is 2.28 bits per heavy atom. The quantitative estimate of drug-likeness (QED) is 0.723. The molecule has 2 unspecified atom stereocenters. The zero-order valence-corrected chi connectivity index (χ0v) is 17.5. The summed E-state index contributed by atoms with van der Waals surface area (Å²) < 4.78 is 47.6. The van der Waals surface area contributed by atoms with E-state index in [0.29, 0.717) is 38.5 Å². The SMILES string of the molecule is COc1ccc(-n2ncc(C(=O)N3CC4CN(CCC(N)=O)CC4C3)c2C(F)(F)F)cc1. The number of amides is 2. The van der Waals surface area contributed by atoms with E-state index in [9.17, 15) is 22.8 Å². The topological polar surface area (TPSA) is 93.7 Å². The number of carbonyl (C=O) groups excluding carboxylic acids is 2. The number of fused-ring (bicyclic) bond motifs is 1. The summed E-state index contributed by atoms with van der Waals surface area (Å²) in [4.78, 5) is 27.6. The van der Waals surface area contributed by atoms with E-state index in [4.69, 9.17) is 10.5 Å². The molecule has 2 aliphatic rings. The Hall–Kier alpha value is -3.08. The maximum atomic E-state index is 14.0. The van der Waals surface area contributed by atoms with Gasteiger partial charge in [-0.3, -0.25) is 9.59 Å². The van der Waals surface area contributed by atoms with Crippen LogP contribution in [0.25, 0.3) is 5.69 Å². The molecule has 4 rings (SSSR count). The molecule has 2 amide bonds. The van der Waals surface area contributed by atoms with Gasteiger partial charge in [0.05, 0.1) is 24.6 Å². The monoisotopic (exact) mass is 451 g/mol. The predicted molar refractivity (Wildman–Crippen MR) is 108 cm³/mol. The zero-order valence-electron chi connectivity index (χ0n) is 17.5. The molecule has 2 aliphatic heterocycles. The Morgan fingerprint density at radius 1 is 1.12 bits per heavy atom. The number of ether oxygens (including phenoxy) is 1. The molecule has 11 heteroatoms. The van der Waals surface area contributed by atoms with Crippen LogP contribution in [0.15, 0.2) is 30.5 Å². The minimum Gasteiger partial charge on any atom is -0.497 e. The van der Waals surface area contributed by atoms with E-state index in [-0.39, 0.29) is 29.9 Å². The highest BCUT2D eigenvalue weighted by atomic mass is 19.4. The van der Waals surface area contributed by atoms with Crippen molar-refractivity contribution in [1.82, 2.24) is 19.6 Å². The van der Waals surface area contributed by atoms with Crippen molar-refractivity contribution in [1.29, 1.82) is 0 Å². The molecule has 0 radical (unpaired) electrons. The average molecular weight is 451 g/mol. The van der Waals surface area contributed by atoms with E-state index >= 15 is 0 Å². The third-order valence-electron chi connectivity index (χ3n) is 6.11. The van der Waals surface area contributed by atoms with Gasteiger partial charge in [-0.2, -0.15) is 18.3 Å². The summed E-state index contributed by atoms with van der Waals surface area (Å²) in [5.41, 5.74) is 3.83.